The second-order valence-corrected chi connectivity index (χ2v) is 8.08. The van der Waals surface area contributed by atoms with Crippen molar-refractivity contribution in [2.45, 2.75) is 25.4 Å². The van der Waals surface area contributed by atoms with Gasteiger partial charge in [0.05, 0.1) is 17.5 Å². The van der Waals surface area contributed by atoms with E-state index in [9.17, 15) is 9.59 Å². The van der Waals surface area contributed by atoms with Crippen molar-refractivity contribution in [3.63, 3.8) is 0 Å². The summed E-state index contributed by atoms with van der Waals surface area (Å²) in [5.41, 5.74) is 7.14. The second kappa shape index (κ2) is 8.48. The lowest BCUT2D eigenvalue weighted by Crippen LogP contribution is -2.39. The van der Waals surface area contributed by atoms with E-state index >= 15 is 0 Å². The summed E-state index contributed by atoms with van der Waals surface area (Å²) in [7, 11) is 0. The number of H-pyrrole nitrogens is 1. The minimum Gasteiger partial charge on any atom is -0.488 e. The number of piperidine rings is 1. The maximum absolute atomic E-state index is 13.1. The molecule has 0 aliphatic carbocycles. The molecule has 2 amide bonds. The van der Waals surface area contributed by atoms with Crippen molar-refractivity contribution in [3.05, 3.63) is 69.7 Å². The van der Waals surface area contributed by atoms with E-state index in [0.29, 0.717) is 42.3 Å². The van der Waals surface area contributed by atoms with Crippen LogP contribution in [0, 0.1) is 0 Å². The van der Waals surface area contributed by atoms with Gasteiger partial charge in [-0.25, -0.2) is 0 Å². The van der Waals surface area contributed by atoms with E-state index in [-0.39, 0.29) is 11.8 Å². The van der Waals surface area contributed by atoms with Crippen LogP contribution in [-0.2, 0) is 6.61 Å². The number of nitrogens with zero attached hydrogens (tertiary/aromatic N) is 2. The number of amides is 2. The van der Waals surface area contributed by atoms with Crippen LogP contribution in [0.1, 0.15) is 50.0 Å². The molecule has 1 aliphatic rings. The van der Waals surface area contributed by atoms with Crippen LogP contribution in [0.25, 0.3) is 0 Å². The number of thiophene rings is 1. The molecule has 8 heteroatoms. The zero-order valence-electron chi connectivity index (χ0n) is 15.8. The molecule has 4 rings (SSSR count). The highest BCUT2D eigenvalue weighted by atomic mass is 32.1. The molecule has 3 aromatic rings. The van der Waals surface area contributed by atoms with E-state index in [1.165, 1.54) is 6.20 Å². The van der Waals surface area contributed by atoms with Gasteiger partial charge in [0.1, 0.15) is 12.4 Å². The van der Waals surface area contributed by atoms with Crippen LogP contribution in [-0.4, -0.2) is 40.0 Å². The van der Waals surface area contributed by atoms with Gasteiger partial charge in [0, 0.05) is 29.4 Å². The number of nitrogens with two attached hydrogens (primary N) is 1. The van der Waals surface area contributed by atoms with Crippen molar-refractivity contribution in [2.24, 2.45) is 5.73 Å². The Balaban J connectivity index is 1.45. The molecule has 0 radical (unpaired) electrons. The highest BCUT2D eigenvalue weighted by Crippen LogP contribution is 2.29. The fraction of sp³-hybridized carbons (Fsp3) is 0.286. The number of primary amides is 1. The quantitative estimate of drug-likeness (QED) is 0.652. The van der Waals surface area contributed by atoms with Crippen molar-refractivity contribution in [1.82, 2.24) is 15.1 Å². The first kappa shape index (κ1) is 19.2. The number of ether oxygens (including phenoxy) is 1. The smallest absolute Gasteiger partial charge is 0.254 e. The molecule has 1 saturated heterocycles. The summed E-state index contributed by atoms with van der Waals surface area (Å²) in [6.45, 7) is 1.67. The molecule has 2 aromatic heterocycles. The third-order valence-corrected chi connectivity index (χ3v) is 5.94. The number of carbonyl (C=O) groups is 2. The molecule has 3 N–H and O–H groups in total. The monoisotopic (exact) mass is 410 g/mol. The summed E-state index contributed by atoms with van der Waals surface area (Å²) in [5, 5.41) is 8.85. The first-order valence-electron chi connectivity index (χ1n) is 9.49. The molecular weight excluding hydrogens is 388 g/mol. The van der Waals surface area contributed by atoms with Crippen LogP contribution in [0.3, 0.4) is 0 Å². The number of aromatic amines is 1. The van der Waals surface area contributed by atoms with E-state index in [2.05, 4.69) is 10.2 Å². The largest absolute Gasteiger partial charge is 0.488 e. The molecule has 0 bridgehead atoms. The lowest BCUT2D eigenvalue weighted by atomic mass is 9.92. The van der Waals surface area contributed by atoms with Gasteiger partial charge >= 0.3 is 0 Å². The van der Waals surface area contributed by atoms with E-state index in [1.54, 1.807) is 23.5 Å². The van der Waals surface area contributed by atoms with E-state index in [4.69, 9.17) is 10.5 Å². The Morgan fingerprint density at radius 1 is 1.31 bits per heavy atom. The van der Waals surface area contributed by atoms with Crippen LogP contribution in [0.5, 0.6) is 5.75 Å². The maximum atomic E-state index is 13.1. The molecule has 150 valence electrons. The Morgan fingerprint density at radius 2 is 2.21 bits per heavy atom. The van der Waals surface area contributed by atoms with Gasteiger partial charge in [-0.05, 0) is 42.5 Å². The van der Waals surface area contributed by atoms with Gasteiger partial charge < -0.3 is 15.4 Å². The van der Waals surface area contributed by atoms with Gasteiger partial charge in [0.15, 0.2) is 0 Å². The summed E-state index contributed by atoms with van der Waals surface area (Å²) in [4.78, 5) is 27.6. The Labute approximate surface area is 172 Å². The molecular formula is C21H22N4O3S. The van der Waals surface area contributed by atoms with E-state index in [1.807, 2.05) is 34.5 Å². The molecule has 1 atom stereocenters. The number of likely N-dealkylation sites (tertiary alicyclic amines) is 1. The van der Waals surface area contributed by atoms with Crippen LogP contribution in [0.2, 0.25) is 0 Å². The van der Waals surface area contributed by atoms with Crippen molar-refractivity contribution in [3.8, 4) is 5.75 Å². The molecule has 7 nitrogen and oxygen atoms in total. The van der Waals surface area contributed by atoms with Gasteiger partial charge in [-0.2, -0.15) is 5.10 Å². The fourth-order valence-electron chi connectivity index (χ4n) is 3.65. The SMILES string of the molecule is NC(=O)c1cn[nH]c1[C@@H]1CCCN(C(=O)c2cccc(OCc3cccs3)c2)C1. The second-order valence-electron chi connectivity index (χ2n) is 7.05. The van der Waals surface area contributed by atoms with E-state index in [0.717, 1.165) is 17.7 Å². The summed E-state index contributed by atoms with van der Waals surface area (Å²) in [6.07, 6.45) is 3.17. The predicted molar refractivity (Wildman–Crippen MR) is 110 cm³/mol. The number of hydrogen-bond donors (Lipinski definition) is 2. The highest BCUT2D eigenvalue weighted by molar-refractivity contribution is 7.09. The number of hydrogen-bond acceptors (Lipinski definition) is 5. The Hall–Kier alpha value is -3.13. The van der Waals surface area contributed by atoms with Gasteiger partial charge in [0.25, 0.3) is 11.8 Å². The first-order valence-corrected chi connectivity index (χ1v) is 10.4. The average Bonchev–Trinajstić information content (AvgIpc) is 3.44. The van der Waals surface area contributed by atoms with Crippen molar-refractivity contribution in [1.29, 1.82) is 0 Å². The highest BCUT2D eigenvalue weighted by Gasteiger charge is 2.29. The van der Waals surface area contributed by atoms with Gasteiger partial charge in [-0.1, -0.05) is 12.1 Å². The third kappa shape index (κ3) is 4.32. The third-order valence-electron chi connectivity index (χ3n) is 5.09. The molecule has 3 heterocycles. The average molecular weight is 410 g/mol. The predicted octanol–water partition coefficient (Wildman–Crippen LogP) is 3.17. The normalized spacial score (nSPS) is 16.6. The van der Waals surface area contributed by atoms with Crippen molar-refractivity contribution in [2.75, 3.05) is 13.1 Å². The van der Waals surface area contributed by atoms with Crippen LogP contribution in [0.4, 0.5) is 0 Å². The number of aromatic nitrogens is 2. The van der Waals surface area contributed by atoms with Crippen LogP contribution >= 0.6 is 11.3 Å². The topological polar surface area (TPSA) is 101 Å². The molecule has 1 fully saturated rings. The summed E-state index contributed by atoms with van der Waals surface area (Å²) in [5.74, 6) is 0.127. The Morgan fingerprint density at radius 3 is 3.00 bits per heavy atom. The maximum Gasteiger partial charge on any atom is 0.254 e. The number of carbonyl (C=O) groups excluding carboxylic acids is 2. The zero-order valence-corrected chi connectivity index (χ0v) is 16.7. The number of rotatable bonds is 6. The van der Waals surface area contributed by atoms with Crippen LogP contribution in [0.15, 0.2) is 48.0 Å². The van der Waals surface area contributed by atoms with Crippen molar-refractivity contribution < 1.29 is 14.3 Å². The Kier molecular flexibility index (Phi) is 5.62. The zero-order chi connectivity index (χ0) is 20.2. The van der Waals surface area contributed by atoms with Gasteiger partial charge in [-0.15, -0.1) is 11.3 Å². The molecule has 1 aliphatic heterocycles. The first-order chi connectivity index (χ1) is 14.1. The summed E-state index contributed by atoms with van der Waals surface area (Å²) >= 11 is 1.64. The minimum absolute atomic E-state index is 0.0101. The number of nitrogens with one attached hydrogen (secondary N) is 1. The molecule has 29 heavy (non-hydrogen) atoms. The van der Waals surface area contributed by atoms with Crippen molar-refractivity contribution >= 4 is 23.2 Å². The van der Waals surface area contributed by atoms with E-state index < -0.39 is 5.91 Å². The van der Waals surface area contributed by atoms with Crippen LogP contribution < -0.4 is 10.5 Å². The minimum atomic E-state index is -0.507. The molecule has 0 spiro atoms. The lowest BCUT2D eigenvalue weighted by Gasteiger charge is -2.32. The molecule has 0 unspecified atom stereocenters. The van der Waals surface area contributed by atoms with Gasteiger partial charge in [0.2, 0.25) is 0 Å². The lowest BCUT2D eigenvalue weighted by molar-refractivity contribution is 0.0705. The Bertz CT molecular complexity index is 999. The summed E-state index contributed by atoms with van der Waals surface area (Å²) < 4.78 is 5.83. The molecule has 0 saturated carbocycles. The number of benzene rings is 1. The summed E-state index contributed by atoms with van der Waals surface area (Å²) in [6, 6.07) is 11.3. The van der Waals surface area contributed by atoms with Gasteiger partial charge in [-0.3, -0.25) is 14.7 Å². The fourth-order valence-corrected chi connectivity index (χ4v) is 4.27. The molecule has 1 aromatic carbocycles. The standard InChI is InChI=1S/C21H22N4O3S/c22-20(26)18-11-23-24-19(18)15-5-2-8-25(12-15)21(27)14-4-1-6-16(10-14)28-13-17-7-3-9-29-17/h1,3-4,6-7,9-11,15H,2,5,8,12-13H2,(H2,22,26)(H,23,24)/t15-/m1/s1.